The predicted octanol–water partition coefficient (Wildman–Crippen LogP) is 9.85. The number of hydrogen-bond acceptors (Lipinski definition) is 9. The van der Waals surface area contributed by atoms with Crippen molar-refractivity contribution in [1.82, 2.24) is 0 Å². The van der Waals surface area contributed by atoms with Crippen LogP contribution in [-0.2, 0) is 32.9 Å². The molecule has 5 atom stereocenters. The lowest BCUT2D eigenvalue weighted by atomic mass is 9.88. The maximum atomic E-state index is 12.5. The van der Waals surface area contributed by atoms with Gasteiger partial charge in [-0.15, -0.1) is 0 Å². The second kappa shape index (κ2) is 32.3. The van der Waals surface area contributed by atoms with Crippen LogP contribution >= 0.6 is 7.82 Å². The lowest BCUT2D eigenvalue weighted by Gasteiger charge is -2.19. The fourth-order valence-electron chi connectivity index (χ4n) is 7.29. The van der Waals surface area contributed by atoms with Gasteiger partial charge in [-0.2, -0.15) is 0 Å². The van der Waals surface area contributed by atoms with E-state index in [-0.39, 0.29) is 37.6 Å². The second-order valence-electron chi connectivity index (χ2n) is 16.3. The number of Topliss-reactive ketones (excluding diaryl/α,β-unsaturated/α-hetero) is 1. The van der Waals surface area contributed by atoms with E-state index >= 15 is 0 Å². The van der Waals surface area contributed by atoms with Gasteiger partial charge in [-0.3, -0.25) is 18.9 Å². The first kappa shape index (κ1) is 51.4. The SMILES string of the molecule is CCCCC[C@H](O)/C=C/[C@H]1C(=O)C[C@H](O)[C@@H]1CCCCCCC(=O)O[C@H](COC(=O)CCCCCCCCCCCCCCCCC(C)C)COP(=O)(O)O. The maximum Gasteiger partial charge on any atom is 0.469 e. The first-order chi connectivity index (χ1) is 26.3. The van der Waals surface area contributed by atoms with Gasteiger partial charge in [-0.25, -0.2) is 4.57 Å². The molecule has 0 saturated heterocycles. The standard InChI is InChI=1S/C43H79O11P/c1-4-5-20-26-36(44)30-31-39-38(40(45)32-41(39)46)27-22-18-19-24-29-43(48)54-37(34-53-55(49,50)51)33-52-42(47)28-23-17-15-13-11-9-7-6-8-10-12-14-16-21-25-35(2)3/h30-31,35-40,44-45H,4-29,32-34H2,1-3H3,(H2,49,50,51)/b31-30+/t36-,37+,38+,39+,40-/m0/s1. The van der Waals surface area contributed by atoms with Crippen molar-refractivity contribution in [2.45, 2.75) is 212 Å². The van der Waals surface area contributed by atoms with Crippen LogP contribution in [0.25, 0.3) is 0 Å². The average molecular weight is 803 g/mol. The molecule has 55 heavy (non-hydrogen) atoms. The van der Waals surface area contributed by atoms with Crippen LogP contribution in [0, 0.1) is 17.8 Å². The van der Waals surface area contributed by atoms with E-state index in [4.69, 9.17) is 19.3 Å². The number of carbonyl (C=O) groups is 3. The molecule has 0 aromatic rings. The van der Waals surface area contributed by atoms with Gasteiger partial charge in [0.05, 0.1) is 18.8 Å². The summed E-state index contributed by atoms with van der Waals surface area (Å²) in [6.07, 6.45) is 27.0. The molecule has 4 N–H and O–H groups in total. The lowest BCUT2D eigenvalue weighted by molar-refractivity contribution is -0.161. The lowest BCUT2D eigenvalue weighted by Crippen LogP contribution is -2.29. The zero-order valence-electron chi connectivity index (χ0n) is 34.7. The Morgan fingerprint density at radius 1 is 0.745 bits per heavy atom. The van der Waals surface area contributed by atoms with Crippen molar-refractivity contribution in [3.05, 3.63) is 12.2 Å². The monoisotopic (exact) mass is 803 g/mol. The summed E-state index contributed by atoms with van der Waals surface area (Å²) in [6.45, 7) is 5.74. The summed E-state index contributed by atoms with van der Waals surface area (Å²) >= 11 is 0. The van der Waals surface area contributed by atoms with Gasteiger partial charge < -0.3 is 29.5 Å². The van der Waals surface area contributed by atoms with E-state index < -0.39 is 50.6 Å². The Hall–Kier alpha value is -1.62. The minimum Gasteiger partial charge on any atom is -0.462 e. The Morgan fingerprint density at radius 3 is 1.80 bits per heavy atom. The highest BCUT2D eigenvalue weighted by Crippen LogP contribution is 2.36. The number of carbonyl (C=O) groups excluding carboxylic acids is 3. The van der Waals surface area contributed by atoms with E-state index in [1.54, 1.807) is 12.2 Å². The Bertz CT molecular complexity index is 1070. The number of phosphoric acid groups is 1. The molecule has 1 aliphatic rings. The summed E-state index contributed by atoms with van der Waals surface area (Å²) < 4.78 is 26.4. The average Bonchev–Trinajstić information content (AvgIpc) is 3.39. The maximum absolute atomic E-state index is 12.5. The number of aliphatic hydroxyl groups is 2. The van der Waals surface area contributed by atoms with Crippen LogP contribution < -0.4 is 0 Å². The molecule has 0 aromatic heterocycles. The summed E-state index contributed by atoms with van der Waals surface area (Å²) in [5, 5.41) is 20.7. The smallest absolute Gasteiger partial charge is 0.462 e. The minimum absolute atomic E-state index is 0.00437. The Labute approximate surface area is 333 Å². The van der Waals surface area contributed by atoms with Gasteiger partial charge in [0.25, 0.3) is 0 Å². The number of unbranched alkanes of at least 4 members (excludes halogenated alkanes) is 18. The fourth-order valence-corrected chi connectivity index (χ4v) is 7.65. The first-order valence-electron chi connectivity index (χ1n) is 21.9. The van der Waals surface area contributed by atoms with Crippen molar-refractivity contribution in [3.63, 3.8) is 0 Å². The van der Waals surface area contributed by atoms with Crippen LogP contribution in [-0.4, -0.2) is 69.2 Å². The molecule has 0 radical (unpaired) electrons. The van der Waals surface area contributed by atoms with E-state index in [1.165, 1.54) is 70.6 Å². The molecule has 0 aliphatic heterocycles. The normalized spacial score (nSPS) is 18.7. The van der Waals surface area contributed by atoms with Gasteiger partial charge in [-0.05, 0) is 37.5 Å². The summed E-state index contributed by atoms with van der Waals surface area (Å²) in [7, 11) is -4.82. The summed E-state index contributed by atoms with van der Waals surface area (Å²) in [4.78, 5) is 55.6. The predicted molar refractivity (Wildman–Crippen MR) is 217 cm³/mol. The van der Waals surface area contributed by atoms with E-state index in [1.807, 2.05) is 0 Å². The summed E-state index contributed by atoms with van der Waals surface area (Å²) in [5.74, 6) is -0.808. The Balaban J connectivity index is 2.23. The first-order valence-corrected chi connectivity index (χ1v) is 23.5. The number of ether oxygens (including phenoxy) is 2. The second-order valence-corrected chi connectivity index (χ2v) is 17.5. The van der Waals surface area contributed by atoms with Crippen LogP contribution in [0.4, 0.5) is 0 Å². The van der Waals surface area contributed by atoms with Gasteiger partial charge in [0.2, 0.25) is 0 Å². The van der Waals surface area contributed by atoms with E-state index in [0.29, 0.717) is 32.1 Å². The molecule has 12 heteroatoms. The molecule has 322 valence electrons. The molecule has 0 spiro atoms. The molecule has 1 rings (SSSR count). The van der Waals surface area contributed by atoms with Crippen molar-refractivity contribution >= 4 is 25.5 Å². The van der Waals surface area contributed by atoms with Crippen molar-refractivity contribution in [2.24, 2.45) is 17.8 Å². The van der Waals surface area contributed by atoms with Crippen LogP contribution in [0.15, 0.2) is 12.2 Å². The number of phosphoric ester groups is 1. The zero-order chi connectivity index (χ0) is 40.7. The zero-order valence-corrected chi connectivity index (χ0v) is 35.6. The highest BCUT2D eigenvalue weighted by molar-refractivity contribution is 7.46. The van der Waals surface area contributed by atoms with Gasteiger partial charge in [0, 0.05) is 25.2 Å². The van der Waals surface area contributed by atoms with E-state index in [0.717, 1.165) is 57.3 Å². The van der Waals surface area contributed by atoms with Gasteiger partial charge >= 0.3 is 19.8 Å². The molecule has 0 aromatic carbocycles. The third-order valence-electron chi connectivity index (χ3n) is 10.6. The van der Waals surface area contributed by atoms with Crippen molar-refractivity contribution in [3.8, 4) is 0 Å². The van der Waals surface area contributed by atoms with Gasteiger partial charge in [0.1, 0.15) is 12.4 Å². The molecule has 11 nitrogen and oxygen atoms in total. The molecule has 1 saturated carbocycles. The van der Waals surface area contributed by atoms with Crippen molar-refractivity contribution < 1.29 is 52.9 Å². The molecule has 1 aliphatic carbocycles. The largest absolute Gasteiger partial charge is 0.469 e. The third-order valence-corrected chi connectivity index (χ3v) is 11.1. The number of aliphatic hydroxyl groups excluding tert-OH is 2. The quantitative estimate of drug-likeness (QED) is 0.0205. The Kier molecular flexibility index (Phi) is 30.2. The molecular weight excluding hydrogens is 723 g/mol. The number of hydrogen-bond donors (Lipinski definition) is 4. The number of allylic oxidation sites excluding steroid dienone is 1. The third kappa shape index (κ3) is 29.3. The van der Waals surface area contributed by atoms with Gasteiger partial charge in [0.15, 0.2) is 6.10 Å². The molecule has 1 fully saturated rings. The molecule has 0 amide bonds. The molecule has 0 heterocycles. The van der Waals surface area contributed by atoms with Crippen molar-refractivity contribution in [2.75, 3.05) is 13.2 Å². The summed E-state index contributed by atoms with van der Waals surface area (Å²) in [5.41, 5.74) is 0. The van der Waals surface area contributed by atoms with Crippen LogP contribution in [0.3, 0.4) is 0 Å². The molecular formula is C43H79O11P. The molecule has 0 unspecified atom stereocenters. The van der Waals surface area contributed by atoms with Crippen LogP contribution in [0.2, 0.25) is 0 Å². The topological polar surface area (TPSA) is 177 Å². The van der Waals surface area contributed by atoms with E-state index in [9.17, 15) is 29.2 Å². The van der Waals surface area contributed by atoms with Crippen LogP contribution in [0.5, 0.6) is 0 Å². The number of rotatable bonds is 36. The van der Waals surface area contributed by atoms with Crippen LogP contribution in [0.1, 0.15) is 194 Å². The van der Waals surface area contributed by atoms with Gasteiger partial charge in [-0.1, -0.05) is 161 Å². The van der Waals surface area contributed by atoms with Crippen molar-refractivity contribution in [1.29, 1.82) is 0 Å². The minimum atomic E-state index is -4.82. The van der Waals surface area contributed by atoms with E-state index in [2.05, 4.69) is 25.3 Å². The highest BCUT2D eigenvalue weighted by Gasteiger charge is 2.39. The number of esters is 2. The Morgan fingerprint density at radius 2 is 1.25 bits per heavy atom. The highest BCUT2D eigenvalue weighted by atomic mass is 31.2. The summed E-state index contributed by atoms with van der Waals surface area (Å²) in [6, 6.07) is 0. The fraction of sp³-hybridized carbons (Fsp3) is 0.884. The number of ketones is 1. The molecule has 0 bridgehead atoms.